The maximum absolute atomic E-state index is 12.5. The number of ether oxygens (including phenoxy) is 1. The molecule has 6 nitrogen and oxygen atoms in total. The molecule has 0 radical (unpaired) electrons. The number of aliphatic hydroxyl groups is 2. The molecule has 1 amide bonds. The van der Waals surface area contributed by atoms with Crippen molar-refractivity contribution in [2.75, 3.05) is 13.2 Å². The van der Waals surface area contributed by atoms with Crippen LogP contribution < -0.4 is 5.32 Å². The second kappa shape index (κ2) is 59.2. The number of esters is 1. The van der Waals surface area contributed by atoms with Gasteiger partial charge >= 0.3 is 5.97 Å². The van der Waals surface area contributed by atoms with Crippen LogP contribution in [0.15, 0.2) is 12.2 Å². The van der Waals surface area contributed by atoms with E-state index in [2.05, 4.69) is 31.3 Å². The number of allylic oxidation sites excluding steroid dienone is 2. The van der Waals surface area contributed by atoms with Crippen LogP contribution >= 0.6 is 0 Å². The van der Waals surface area contributed by atoms with Crippen molar-refractivity contribution in [1.29, 1.82) is 0 Å². The first-order valence-electron chi connectivity index (χ1n) is 31.4. The first-order chi connectivity index (χ1) is 34.0. The average molecular weight is 975 g/mol. The molecule has 0 aliphatic carbocycles. The highest BCUT2D eigenvalue weighted by Gasteiger charge is 2.20. The van der Waals surface area contributed by atoms with Crippen LogP contribution in [0.3, 0.4) is 0 Å². The lowest BCUT2D eigenvalue weighted by molar-refractivity contribution is -0.143. The first kappa shape index (κ1) is 67.6. The molecule has 0 heterocycles. The number of hydrogen-bond acceptors (Lipinski definition) is 5. The second-order valence-corrected chi connectivity index (χ2v) is 21.7. The summed E-state index contributed by atoms with van der Waals surface area (Å²) < 4.78 is 5.49. The van der Waals surface area contributed by atoms with E-state index in [1.165, 1.54) is 276 Å². The molecule has 0 aliphatic rings. The van der Waals surface area contributed by atoms with Crippen molar-refractivity contribution in [1.82, 2.24) is 5.32 Å². The van der Waals surface area contributed by atoms with E-state index in [4.69, 9.17) is 4.74 Å². The van der Waals surface area contributed by atoms with Crippen molar-refractivity contribution in [3.05, 3.63) is 12.2 Å². The predicted molar refractivity (Wildman–Crippen MR) is 301 cm³/mol. The van der Waals surface area contributed by atoms with Crippen molar-refractivity contribution >= 4 is 11.9 Å². The maximum atomic E-state index is 12.5. The van der Waals surface area contributed by atoms with Crippen LogP contribution in [0.4, 0.5) is 0 Å². The van der Waals surface area contributed by atoms with Gasteiger partial charge in [0.15, 0.2) is 0 Å². The van der Waals surface area contributed by atoms with E-state index in [0.717, 1.165) is 44.9 Å². The third-order valence-electron chi connectivity index (χ3n) is 14.8. The zero-order valence-electron chi connectivity index (χ0n) is 46.8. The molecular weight excluding hydrogens is 851 g/mol. The smallest absolute Gasteiger partial charge is 0.305 e. The zero-order valence-corrected chi connectivity index (χ0v) is 46.8. The van der Waals surface area contributed by atoms with Crippen LogP contribution in [0.25, 0.3) is 0 Å². The van der Waals surface area contributed by atoms with Crippen LogP contribution in [0.5, 0.6) is 0 Å². The number of hydrogen-bond donors (Lipinski definition) is 3. The van der Waals surface area contributed by atoms with Crippen molar-refractivity contribution in [2.24, 2.45) is 0 Å². The Morgan fingerprint density at radius 1 is 0.391 bits per heavy atom. The summed E-state index contributed by atoms with van der Waals surface area (Å²) >= 11 is 0. The molecule has 6 heteroatoms. The van der Waals surface area contributed by atoms with Gasteiger partial charge in [-0.3, -0.25) is 9.59 Å². The van der Waals surface area contributed by atoms with Crippen molar-refractivity contribution in [3.8, 4) is 0 Å². The Balaban J connectivity index is 3.38. The van der Waals surface area contributed by atoms with Gasteiger partial charge in [-0.2, -0.15) is 0 Å². The molecular formula is C63H123NO5. The van der Waals surface area contributed by atoms with Crippen molar-refractivity contribution in [3.63, 3.8) is 0 Å². The number of carbonyl (C=O) groups excluding carboxylic acids is 2. The van der Waals surface area contributed by atoms with Gasteiger partial charge in [-0.05, 0) is 51.4 Å². The van der Waals surface area contributed by atoms with Crippen LogP contribution in [-0.4, -0.2) is 47.4 Å². The van der Waals surface area contributed by atoms with E-state index >= 15 is 0 Å². The Morgan fingerprint density at radius 2 is 0.681 bits per heavy atom. The first-order valence-corrected chi connectivity index (χ1v) is 31.4. The van der Waals surface area contributed by atoms with Crippen LogP contribution in [0, 0.1) is 0 Å². The summed E-state index contributed by atoms with van der Waals surface area (Å²) in [5.41, 5.74) is 0. The SMILES string of the molecule is CCCCCCCC/C=C\CCCCCCCCCC(=O)OCCCCCCCCCCCCCCCCCCCCCC(=O)NC(CO)C(O)CCCCCCCCCCCCCCCCCC. The Hall–Kier alpha value is -1.40. The fraction of sp³-hybridized carbons (Fsp3) is 0.937. The summed E-state index contributed by atoms with van der Waals surface area (Å²) in [7, 11) is 0. The maximum Gasteiger partial charge on any atom is 0.305 e. The molecule has 0 aromatic carbocycles. The highest BCUT2D eigenvalue weighted by molar-refractivity contribution is 5.76. The molecule has 0 saturated heterocycles. The van der Waals surface area contributed by atoms with Crippen molar-refractivity contribution in [2.45, 2.75) is 366 Å². The molecule has 0 saturated carbocycles. The standard InChI is InChI=1S/C63H123NO5/c1-3-5-7-9-11-13-15-17-19-24-29-33-37-41-45-49-53-57-63(68)69-58-54-50-46-42-38-34-30-26-23-21-22-25-28-32-36-40-44-48-52-56-62(67)64-60(59-65)61(66)55-51-47-43-39-35-31-27-20-18-16-14-12-10-8-6-4-2/h17,19,60-61,65-66H,3-16,18,20-59H2,1-2H3,(H,64,67)/b19-17-. The van der Waals surface area contributed by atoms with E-state index in [9.17, 15) is 19.8 Å². The number of rotatable bonds is 59. The normalized spacial score (nSPS) is 12.6. The number of amides is 1. The summed E-state index contributed by atoms with van der Waals surface area (Å²) in [5.74, 6) is -0.0283. The monoisotopic (exact) mass is 974 g/mol. The predicted octanol–water partition coefficient (Wildman–Crippen LogP) is 19.6. The molecule has 0 bridgehead atoms. The van der Waals surface area contributed by atoms with Crippen LogP contribution in [0.1, 0.15) is 354 Å². The minimum atomic E-state index is -0.666. The molecule has 0 fully saturated rings. The molecule has 0 aliphatic heterocycles. The Bertz CT molecular complexity index is 1030. The van der Waals surface area contributed by atoms with Crippen LogP contribution in [0.2, 0.25) is 0 Å². The van der Waals surface area contributed by atoms with Gasteiger partial charge in [-0.1, -0.05) is 302 Å². The minimum absolute atomic E-state index is 0.00665. The van der Waals surface area contributed by atoms with Gasteiger partial charge in [0.1, 0.15) is 0 Å². The van der Waals surface area contributed by atoms with E-state index < -0.39 is 12.1 Å². The van der Waals surface area contributed by atoms with Crippen LogP contribution in [-0.2, 0) is 14.3 Å². The molecule has 0 spiro atoms. The minimum Gasteiger partial charge on any atom is -0.466 e. The quantitative estimate of drug-likeness (QED) is 0.0321. The summed E-state index contributed by atoms with van der Waals surface area (Å²) in [4.78, 5) is 24.6. The fourth-order valence-electron chi connectivity index (χ4n) is 9.99. The Kier molecular flexibility index (Phi) is 58.0. The van der Waals surface area contributed by atoms with E-state index in [1.807, 2.05) is 0 Å². The van der Waals surface area contributed by atoms with E-state index in [0.29, 0.717) is 25.9 Å². The second-order valence-electron chi connectivity index (χ2n) is 21.7. The van der Waals surface area contributed by atoms with Gasteiger partial charge in [0.2, 0.25) is 5.91 Å². The highest BCUT2D eigenvalue weighted by atomic mass is 16.5. The van der Waals surface area contributed by atoms with E-state index in [-0.39, 0.29) is 18.5 Å². The highest BCUT2D eigenvalue weighted by Crippen LogP contribution is 2.18. The topological polar surface area (TPSA) is 95.9 Å². The Morgan fingerprint density at radius 3 is 1.03 bits per heavy atom. The van der Waals surface area contributed by atoms with Gasteiger partial charge in [-0.25, -0.2) is 0 Å². The summed E-state index contributed by atoms with van der Waals surface area (Å²) in [6.45, 7) is 4.97. The zero-order chi connectivity index (χ0) is 50.0. The Labute approximate surface area is 431 Å². The summed E-state index contributed by atoms with van der Waals surface area (Å²) in [6, 6.07) is -0.543. The fourth-order valence-corrected chi connectivity index (χ4v) is 9.99. The van der Waals surface area contributed by atoms with Gasteiger partial charge in [0.25, 0.3) is 0 Å². The van der Waals surface area contributed by atoms with Gasteiger partial charge in [0, 0.05) is 12.8 Å². The van der Waals surface area contributed by atoms with Gasteiger partial charge in [-0.15, -0.1) is 0 Å². The third-order valence-corrected chi connectivity index (χ3v) is 14.8. The van der Waals surface area contributed by atoms with Crippen molar-refractivity contribution < 1.29 is 24.5 Å². The lowest BCUT2D eigenvalue weighted by Gasteiger charge is -2.22. The number of unbranched alkanes of at least 4 members (excludes halogenated alkanes) is 46. The van der Waals surface area contributed by atoms with Gasteiger partial charge in [0.05, 0.1) is 25.4 Å². The average Bonchev–Trinajstić information content (AvgIpc) is 3.35. The summed E-state index contributed by atoms with van der Waals surface area (Å²) in [5, 5.41) is 23.3. The lowest BCUT2D eigenvalue weighted by Crippen LogP contribution is -2.45. The number of carbonyl (C=O) groups is 2. The largest absolute Gasteiger partial charge is 0.466 e. The molecule has 3 N–H and O–H groups in total. The molecule has 2 unspecified atom stereocenters. The molecule has 0 aromatic rings. The molecule has 410 valence electrons. The summed E-state index contributed by atoms with van der Waals surface area (Å²) in [6.07, 6.45) is 70.7. The molecule has 0 aromatic heterocycles. The number of aliphatic hydroxyl groups excluding tert-OH is 2. The van der Waals surface area contributed by atoms with E-state index in [1.54, 1.807) is 0 Å². The number of nitrogens with one attached hydrogen (secondary N) is 1. The molecule has 69 heavy (non-hydrogen) atoms. The molecule has 2 atom stereocenters. The third kappa shape index (κ3) is 55.8. The molecule has 0 rings (SSSR count). The van der Waals surface area contributed by atoms with Gasteiger partial charge < -0.3 is 20.3 Å². The lowest BCUT2D eigenvalue weighted by atomic mass is 10.0.